The molecule has 0 saturated heterocycles. The highest BCUT2D eigenvalue weighted by Gasteiger charge is 2.21. The van der Waals surface area contributed by atoms with Crippen molar-refractivity contribution in [2.24, 2.45) is 5.10 Å². The monoisotopic (exact) mass is 314 g/mol. The van der Waals surface area contributed by atoms with Gasteiger partial charge in [0.2, 0.25) is 0 Å². The molecule has 0 fully saturated rings. The third-order valence-electron chi connectivity index (χ3n) is 2.90. The van der Waals surface area contributed by atoms with E-state index in [4.69, 9.17) is 4.18 Å². The fourth-order valence-electron chi connectivity index (χ4n) is 1.84. The van der Waals surface area contributed by atoms with Gasteiger partial charge in [-0.1, -0.05) is 29.5 Å². The maximum Gasteiger partial charge on any atom is 0.297 e. The average Bonchev–Trinajstić information content (AvgIpc) is 2.68. The molecule has 0 saturated carbocycles. The van der Waals surface area contributed by atoms with E-state index in [2.05, 4.69) is 5.10 Å². The minimum absolute atomic E-state index is 0.0951. The lowest BCUT2D eigenvalue weighted by Crippen LogP contribution is -2.26. The fraction of sp³-hybridized carbons (Fsp3) is 0.462. The van der Waals surface area contributed by atoms with E-state index in [0.29, 0.717) is 6.54 Å². The molecule has 1 aliphatic heterocycles. The van der Waals surface area contributed by atoms with Crippen molar-refractivity contribution >= 4 is 26.9 Å². The lowest BCUT2D eigenvalue weighted by atomic mass is 10.2. The fourth-order valence-corrected chi connectivity index (χ4v) is 3.66. The summed E-state index contributed by atoms with van der Waals surface area (Å²) in [5.74, 6) is 0. The van der Waals surface area contributed by atoms with Crippen molar-refractivity contribution in [1.29, 1.82) is 0 Å². The molecule has 7 heteroatoms. The van der Waals surface area contributed by atoms with Gasteiger partial charge in [0.25, 0.3) is 10.1 Å². The number of hydrazone groups is 1. The van der Waals surface area contributed by atoms with Crippen molar-refractivity contribution in [2.45, 2.75) is 31.0 Å². The molecule has 1 aliphatic rings. The lowest BCUT2D eigenvalue weighted by Gasteiger charge is -2.18. The van der Waals surface area contributed by atoms with Gasteiger partial charge >= 0.3 is 0 Å². The summed E-state index contributed by atoms with van der Waals surface area (Å²) >= 11 is 1.66. The topological polar surface area (TPSA) is 59.0 Å². The van der Waals surface area contributed by atoms with Crippen molar-refractivity contribution in [1.82, 2.24) is 5.01 Å². The number of benzene rings is 1. The van der Waals surface area contributed by atoms with Crippen molar-refractivity contribution < 1.29 is 12.6 Å². The number of rotatable bonds is 5. The molecule has 0 spiro atoms. The van der Waals surface area contributed by atoms with Crippen LogP contribution >= 0.6 is 11.8 Å². The summed E-state index contributed by atoms with van der Waals surface area (Å²) in [6.45, 7) is 6.42. The van der Waals surface area contributed by atoms with Crippen molar-refractivity contribution in [2.75, 3.05) is 13.2 Å². The molecule has 0 bridgehead atoms. The third kappa shape index (κ3) is 3.74. The van der Waals surface area contributed by atoms with E-state index >= 15 is 0 Å². The van der Waals surface area contributed by atoms with Gasteiger partial charge in [0.1, 0.15) is 0 Å². The molecule has 1 aromatic carbocycles. The summed E-state index contributed by atoms with van der Waals surface area (Å²) in [5.41, 5.74) is 1.01. The molecule has 110 valence electrons. The second-order valence-electron chi connectivity index (χ2n) is 4.59. The van der Waals surface area contributed by atoms with E-state index in [1.807, 2.05) is 25.8 Å². The summed E-state index contributed by atoms with van der Waals surface area (Å²) in [7, 11) is -3.68. The van der Waals surface area contributed by atoms with Gasteiger partial charge in [-0.3, -0.25) is 9.19 Å². The zero-order valence-electron chi connectivity index (χ0n) is 11.7. The van der Waals surface area contributed by atoms with Gasteiger partial charge < -0.3 is 0 Å². The van der Waals surface area contributed by atoms with Gasteiger partial charge in [-0.2, -0.15) is 13.5 Å². The number of hydrogen-bond acceptors (Lipinski definition) is 6. The van der Waals surface area contributed by atoms with Gasteiger partial charge in [0, 0.05) is 0 Å². The smallest absolute Gasteiger partial charge is 0.281 e. The molecule has 0 radical (unpaired) electrons. The summed E-state index contributed by atoms with van der Waals surface area (Å²) in [6.07, 6.45) is 0. The standard InChI is InChI=1S/C13H18N2O3S2/c1-10-4-6-13(7-5-10)20(16,17)18-9-8-15-12(3)19-11(2)14-15/h4-7,12H,8-9H2,1-3H3. The zero-order valence-corrected chi connectivity index (χ0v) is 13.4. The summed E-state index contributed by atoms with van der Waals surface area (Å²) < 4.78 is 29.0. The van der Waals surface area contributed by atoms with Crippen LogP contribution in [0, 0.1) is 6.92 Å². The third-order valence-corrected chi connectivity index (χ3v) is 5.23. The normalized spacial score (nSPS) is 19.2. The van der Waals surface area contributed by atoms with Crippen LogP contribution in [0.4, 0.5) is 0 Å². The molecule has 1 unspecified atom stereocenters. The predicted molar refractivity (Wildman–Crippen MR) is 81.2 cm³/mol. The van der Waals surface area contributed by atoms with Gasteiger partial charge in [-0.05, 0) is 32.9 Å². The number of thioether (sulfide) groups is 1. The molecule has 1 heterocycles. The first-order chi connectivity index (χ1) is 9.38. The largest absolute Gasteiger partial charge is 0.297 e. The average molecular weight is 314 g/mol. The quantitative estimate of drug-likeness (QED) is 0.781. The maximum atomic E-state index is 12.0. The Balaban J connectivity index is 1.92. The first-order valence-corrected chi connectivity index (χ1v) is 8.62. The van der Waals surface area contributed by atoms with Crippen LogP contribution < -0.4 is 0 Å². The second kappa shape index (κ2) is 6.15. The summed E-state index contributed by atoms with van der Waals surface area (Å²) in [4.78, 5) is 0.187. The van der Waals surface area contributed by atoms with E-state index in [-0.39, 0.29) is 16.9 Å². The minimum Gasteiger partial charge on any atom is -0.281 e. The van der Waals surface area contributed by atoms with Gasteiger partial charge in [-0.25, -0.2) is 0 Å². The SMILES string of the molecule is CC1=NN(CCOS(=O)(=O)c2ccc(C)cc2)C(C)S1. The number of aryl methyl sites for hydroxylation is 1. The number of nitrogens with zero attached hydrogens (tertiary/aromatic N) is 2. The van der Waals surface area contributed by atoms with Gasteiger partial charge in [-0.15, -0.1) is 0 Å². The molecular formula is C13H18N2O3S2. The van der Waals surface area contributed by atoms with Gasteiger partial charge in [0.05, 0.1) is 28.5 Å². The Morgan fingerprint density at radius 2 is 1.95 bits per heavy atom. The van der Waals surface area contributed by atoms with Crippen molar-refractivity contribution in [3.8, 4) is 0 Å². The van der Waals surface area contributed by atoms with Crippen LogP contribution in [-0.2, 0) is 14.3 Å². The predicted octanol–water partition coefficient (Wildman–Crippen LogP) is 2.43. The molecule has 20 heavy (non-hydrogen) atoms. The highest BCUT2D eigenvalue weighted by molar-refractivity contribution is 8.14. The molecule has 0 aliphatic carbocycles. The highest BCUT2D eigenvalue weighted by atomic mass is 32.2. The molecule has 0 aromatic heterocycles. The van der Waals surface area contributed by atoms with E-state index in [1.165, 1.54) is 0 Å². The van der Waals surface area contributed by atoms with Crippen LogP contribution in [0.2, 0.25) is 0 Å². The molecular weight excluding hydrogens is 296 g/mol. The molecule has 0 amide bonds. The van der Waals surface area contributed by atoms with Crippen LogP contribution in [0.25, 0.3) is 0 Å². The van der Waals surface area contributed by atoms with Gasteiger partial charge in [0.15, 0.2) is 0 Å². The first kappa shape index (κ1) is 15.3. The van der Waals surface area contributed by atoms with Crippen LogP contribution in [0.3, 0.4) is 0 Å². The highest BCUT2D eigenvalue weighted by Crippen LogP contribution is 2.24. The Morgan fingerprint density at radius 3 is 2.50 bits per heavy atom. The first-order valence-electron chi connectivity index (χ1n) is 6.33. The molecule has 2 rings (SSSR count). The van der Waals surface area contributed by atoms with Crippen molar-refractivity contribution in [3.05, 3.63) is 29.8 Å². The van der Waals surface area contributed by atoms with Crippen LogP contribution in [0.1, 0.15) is 19.4 Å². The Hall–Kier alpha value is -1.05. The second-order valence-corrected chi connectivity index (χ2v) is 7.71. The molecule has 1 atom stereocenters. The van der Waals surface area contributed by atoms with E-state index in [1.54, 1.807) is 36.0 Å². The summed E-state index contributed by atoms with van der Waals surface area (Å²) in [6, 6.07) is 6.62. The molecule has 1 aromatic rings. The molecule has 0 N–H and O–H groups in total. The maximum absolute atomic E-state index is 12.0. The van der Waals surface area contributed by atoms with Crippen LogP contribution in [0.5, 0.6) is 0 Å². The Kier molecular flexibility index (Phi) is 4.72. The van der Waals surface area contributed by atoms with Crippen LogP contribution in [0.15, 0.2) is 34.3 Å². The van der Waals surface area contributed by atoms with E-state index in [9.17, 15) is 8.42 Å². The lowest BCUT2D eigenvalue weighted by molar-refractivity contribution is 0.218. The van der Waals surface area contributed by atoms with Crippen molar-refractivity contribution in [3.63, 3.8) is 0 Å². The summed E-state index contributed by atoms with van der Waals surface area (Å²) in [5, 5.41) is 7.36. The minimum atomic E-state index is -3.68. The van der Waals surface area contributed by atoms with E-state index in [0.717, 1.165) is 10.6 Å². The van der Waals surface area contributed by atoms with Crippen LogP contribution in [-0.4, -0.2) is 37.0 Å². The zero-order chi connectivity index (χ0) is 14.8. The molecule has 5 nitrogen and oxygen atoms in total. The number of hydrogen-bond donors (Lipinski definition) is 0. The Bertz CT molecular complexity index is 597. The Labute approximate surface area is 124 Å². The van der Waals surface area contributed by atoms with E-state index < -0.39 is 10.1 Å². The Morgan fingerprint density at radius 1 is 1.30 bits per heavy atom.